The minimum atomic E-state index is 0. The van der Waals surface area contributed by atoms with Crippen LogP contribution in [0.2, 0.25) is 5.02 Å². The van der Waals surface area contributed by atoms with Crippen LogP contribution in [0.15, 0.2) is 24.3 Å². The molecule has 0 aliphatic rings. The Labute approximate surface area is 93.2 Å². The molecule has 0 fully saturated rings. The molecule has 0 aromatic heterocycles. The van der Waals surface area contributed by atoms with Crippen LogP contribution in [-0.4, -0.2) is 23.1 Å². The summed E-state index contributed by atoms with van der Waals surface area (Å²) < 4.78 is 0. The largest absolute Gasteiger partial charge is 2.00 e. The molecule has 1 aromatic carbocycles. The van der Waals surface area contributed by atoms with Crippen LogP contribution < -0.4 is 0 Å². The molecule has 0 saturated carbocycles. The first-order valence-electron chi connectivity index (χ1n) is 2.64. The maximum absolute atomic E-state index is 5.79. The molecule has 0 amide bonds. The molecule has 0 unspecified atom stereocenters. The van der Waals surface area contributed by atoms with Crippen molar-refractivity contribution in [1.29, 1.82) is 0 Å². The third kappa shape index (κ3) is 2.78. The van der Waals surface area contributed by atoms with E-state index in [9.17, 15) is 0 Å². The predicted octanol–water partition coefficient (Wildman–Crippen LogP) is 3.08. The Morgan fingerprint density at radius 3 is 2.40 bits per heavy atom. The van der Waals surface area contributed by atoms with E-state index in [-0.39, 0.29) is 25.9 Å². The van der Waals surface area contributed by atoms with Crippen molar-refractivity contribution in [3.63, 3.8) is 0 Å². The van der Waals surface area contributed by atoms with Crippen LogP contribution in [0.1, 0.15) is 8.42 Å². The molecule has 1 rings (SSSR count). The van der Waals surface area contributed by atoms with Crippen LogP contribution in [0.4, 0.5) is 0 Å². The van der Waals surface area contributed by atoms with Gasteiger partial charge in [0.2, 0.25) is 0 Å². The standard InChI is InChI=1S/C7H6BrCl.Mg.2H/c8-5-6-3-1-2-4-7(6)9;;;/h1-4H,5H2;;;/q;+2;2*-1. The van der Waals surface area contributed by atoms with E-state index in [1.165, 1.54) is 0 Å². The fourth-order valence-corrected chi connectivity index (χ4v) is 1.46. The first-order chi connectivity index (χ1) is 4.34. The molecular weight excluding hydrogens is 224 g/mol. The van der Waals surface area contributed by atoms with E-state index >= 15 is 0 Å². The Bertz CT molecular complexity index is 210. The summed E-state index contributed by atoms with van der Waals surface area (Å²) in [5.41, 5.74) is 1.14. The molecule has 0 saturated heterocycles. The summed E-state index contributed by atoms with van der Waals surface area (Å²) in [6.45, 7) is 0. The van der Waals surface area contributed by atoms with Gasteiger partial charge in [-0.25, -0.2) is 0 Å². The molecule has 52 valence electrons. The van der Waals surface area contributed by atoms with Gasteiger partial charge in [0.15, 0.2) is 0 Å². The second kappa shape index (κ2) is 5.41. The molecular formula is C7H8BrClMg. The fraction of sp³-hybridized carbons (Fsp3) is 0.143. The number of benzene rings is 1. The molecule has 0 aliphatic carbocycles. The van der Waals surface area contributed by atoms with Gasteiger partial charge in [-0.15, -0.1) is 0 Å². The van der Waals surface area contributed by atoms with Crippen molar-refractivity contribution < 1.29 is 2.85 Å². The number of alkyl halides is 1. The molecule has 1 aromatic rings. The Morgan fingerprint density at radius 2 is 2.00 bits per heavy atom. The summed E-state index contributed by atoms with van der Waals surface area (Å²) in [5.74, 6) is 0. The molecule has 0 atom stereocenters. The van der Waals surface area contributed by atoms with Crippen LogP contribution in [-0.2, 0) is 5.33 Å². The van der Waals surface area contributed by atoms with Gasteiger partial charge in [-0.3, -0.25) is 0 Å². The third-order valence-corrected chi connectivity index (χ3v) is 2.07. The number of rotatable bonds is 1. The van der Waals surface area contributed by atoms with E-state index in [1.807, 2.05) is 24.3 Å². The summed E-state index contributed by atoms with van der Waals surface area (Å²) >= 11 is 9.12. The van der Waals surface area contributed by atoms with Gasteiger partial charge in [0.05, 0.1) is 0 Å². The van der Waals surface area contributed by atoms with Crippen molar-refractivity contribution in [2.75, 3.05) is 0 Å². The van der Waals surface area contributed by atoms with Crippen molar-refractivity contribution in [3.8, 4) is 0 Å². The molecule has 3 heteroatoms. The number of halogens is 2. The maximum atomic E-state index is 5.79. The molecule has 0 spiro atoms. The molecule has 0 N–H and O–H groups in total. The maximum Gasteiger partial charge on any atom is 2.00 e. The van der Waals surface area contributed by atoms with Crippen LogP contribution in [0.3, 0.4) is 0 Å². The van der Waals surface area contributed by atoms with Crippen molar-refractivity contribution in [2.45, 2.75) is 5.33 Å². The van der Waals surface area contributed by atoms with E-state index in [2.05, 4.69) is 15.9 Å². The van der Waals surface area contributed by atoms with Gasteiger partial charge < -0.3 is 2.85 Å². The zero-order valence-corrected chi connectivity index (χ0v) is 9.24. The average molecular weight is 232 g/mol. The molecule has 10 heavy (non-hydrogen) atoms. The summed E-state index contributed by atoms with van der Waals surface area (Å²) in [7, 11) is 0. The first-order valence-corrected chi connectivity index (χ1v) is 4.14. The SMILES string of the molecule is Clc1ccccc1CBr.[H-].[H-].[Mg+2]. The summed E-state index contributed by atoms with van der Waals surface area (Å²) in [6, 6.07) is 7.78. The quantitative estimate of drug-likeness (QED) is 0.515. The van der Waals surface area contributed by atoms with E-state index in [0.717, 1.165) is 15.9 Å². The Morgan fingerprint density at radius 1 is 1.40 bits per heavy atom. The van der Waals surface area contributed by atoms with Gasteiger partial charge in [-0.1, -0.05) is 45.7 Å². The second-order valence-electron chi connectivity index (χ2n) is 1.73. The smallest absolute Gasteiger partial charge is 1.00 e. The van der Waals surface area contributed by atoms with Crippen LogP contribution >= 0.6 is 27.5 Å². The van der Waals surface area contributed by atoms with E-state index in [1.54, 1.807) is 0 Å². The van der Waals surface area contributed by atoms with Crippen molar-refractivity contribution in [2.24, 2.45) is 0 Å². The van der Waals surface area contributed by atoms with E-state index in [4.69, 9.17) is 11.6 Å². The number of hydrogen-bond acceptors (Lipinski definition) is 0. The van der Waals surface area contributed by atoms with Crippen molar-refractivity contribution in [1.82, 2.24) is 0 Å². The Kier molecular flexibility index (Phi) is 5.82. The summed E-state index contributed by atoms with van der Waals surface area (Å²) in [5, 5.41) is 1.65. The number of hydrogen-bond donors (Lipinski definition) is 0. The van der Waals surface area contributed by atoms with Crippen LogP contribution in [0.25, 0.3) is 0 Å². The zero-order chi connectivity index (χ0) is 6.69. The van der Waals surface area contributed by atoms with Crippen LogP contribution in [0, 0.1) is 0 Å². The predicted molar refractivity (Wildman–Crippen MR) is 52.1 cm³/mol. The van der Waals surface area contributed by atoms with E-state index < -0.39 is 0 Å². The zero-order valence-electron chi connectivity index (χ0n) is 7.48. The topological polar surface area (TPSA) is 0 Å². The van der Waals surface area contributed by atoms with Gasteiger partial charge in [-0.05, 0) is 11.6 Å². The molecule has 0 bridgehead atoms. The molecule has 0 aliphatic heterocycles. The second-order valence-corrected chi connectivity index (χ2v) is 2.69. The Balaban J connectivity index is -0.000000270. The summed E-state index contributed by atoms with van der Waals surface area (Å²) in [6.07, 6.45) is 0. The Hall–Kier alpha value is 0.756. The van der Waals surface area contributed by atoms with Crippen molar-refractivity contribution in [3.05, 3.63) is 34.9 Å². The molecule has 0 nitrogen and oxygen atoms in total. The minimum Gasteiger partial charge on any atom is -1.00 e. The monoisotopic (exact) mass is 230 g/mol. The van der Waals surface area contributed by atoms with Gasteiger partial charge in [0.25, 0.3) is 0 Å². The molecule has 0 heterocycles. The third-order valence-electron chi connectivity index (χ3n) is 1.10. The van der Waals surface area contributed by atoms with Crippen LogP contribution in [0.5, 0.6) is 0 Å². The van der Waals surface area contributed by atoms with Crippen molar-refractivity contribution >= 4 is 50.6 Å². The van der Waals surface area contributed by atoms with Gasteiger partial charge in [0.1, 0.15) is 0 Å². The van der Waals surface area contributed by atoms with Gasteiger partial charge >= 0.3 is 23.1 Å². The minimum absolute atomic E-state index is 0. The molecule has 0 radical (unpaired) electrons. The van der Waals surface area contributed by atoms with Gasteiger partial charge in [-0.2, -0.15) is 0 Å². The fourth-order valence-electron chi connectivity index (χ4n) is 0.607. The summed E-state index contributed by atoms with van der Waals surface area (Å²) in [4.78, 5) is 0. The first kappa shape index (κ1) is 10.8. The van der Waals surface area contributed by atoms with E-state index in [0.29, 0.717) is 0 Å². The normalized spacial score (nSPS) is 8.60. The van der Waals surface area contributed by atoms with Gasteiger partial charge in [0, 0.05) is 10.4 Å². The average Bonchev–Trinajstić information content (AvgIpc) is 1.89.